The van der Waals surface area contributed by atoms with Gasteiger partial charge in [0.15, 0.2) is 0 Å². The number of amides is 1. The van der Waals surface area contributed by atoms with Crippen molar-refractivity contribution in [3.63, 3.8) is 0 Å². The van der Waals surface area contributed by atoms with E-state index < -0.39 is 10.0 Å². The number of ether oxygens (including phenoxy) is 1. The fraction of sp³-hybridized carbons (Fsp3) is 0.667. The van der Waals surface area contributed by atoms with Crippen LogP contribution in [0.15, 0.2) is 18.2 Å². The van der Waals surface area contributed by atoms with Crippen molar-refractivity contribution in [2.24, 2.45) is 5.92 Å². The van der Waals surface area contributed by atoms with Crippen LogP contribution in [0.4, 0.5) is 0 Å². The third kappa shape index (κ3) is 5.70. The van der Waals surface area contributed by atoms with Gasteiger partial charge in [0.05, 0.1) is 12.9 Å². The molecule has 0 spiro atoms. The minimum Gasteiger partial charge on any atom is -0.497 e. The van der Waals surface area contributed by atoms with Gasteiger partial charge < -0.3 is 10.1 Å². The Balaban J connectivity index is 1.42. The van der Waals surface area contributed by atoms with E-state index in [9.17, 15) is 13.2 Å². The highest BCUT2D eigenvalue weighted by molar-refractivity contribution is 7.89. The van der Waals surface area contributed by atoms with Crippen LogP contribution in [0.3, 0.4) is 0 Å². The largest absolute Gasteiger partial charge is 0.497 e. The van der Waals surface area contributed by atoms with E-state index in [2.05, 4.69) is 5.32 Å². The minimum absolute atomic E-state index is 0.0603. The van der Waals surface area contributed by atoms with Gasteiger partial charge in [0.1, 0.15) is 5.75 Å². The molecule has 2 aliphatic rings. The molecule has 0 atom stereocenters. The molecule has 1 aromatic carbocycles. The first kappa shape index (κ1) is 21.1. The Morgan fingerprint density at radius 2 is 2.00 bits per heavy atom. The lowest BCUT2D eigenvalue weighted by atomic mass is 9.87. The highest BCUT2D eigenvalue weighted by Gasteiger charge is 2.26. The van der Waals surface area contributed by atoms with E-state index in [1.807, 2.05) is 18.2 Å². The summed E-state index contributed by atoms with van der Waals surface area (Å²) in [6, 6.07) is 5.80. The van der Waals surface area contributed by atoms with Gasteiger partial charge in [0.2, 0.25) is 15.9 Å². The van der Waals surface area contributed by atoms with Crippen molar-refractivity contribution >= 4 is 15.9 Å². The van der Waals surface area contributed by atoms with Crippen molar-refractivity contribution in [1.29, 1.82) is 0 Å². The number of hydrogen-bond acceptors (Lipinski definition) is 4. The van der Waals surface area contributed by atoms with Gasteiger partial charge in [-0.25, -0.2) is 8.42 Å². The quantitative estimate of drug-likeness (QED) is 0.671. The van der Waals surface area contributed by atoms with Gasteiger partial charge >= 0.3 is 0 Å². The summed E-state index contributed by atoms with van der Waals surface area (Å²) in [5, 5.41) is 2.90. The molecule has 0 unspecified atom stereocenters. The van der Waals surface area contributed by atoms with Crippen LogP contribution in [0, 0.1) is 5.92 Å². The highest BCUT2D eigenvalue weighted by atomic mass is 32.2. The van der Waals surface area contributed by atoms with Crippen molar-refractivity contribution in [1.82, 2.24) is 9.62 Å². The Hall–Kier alpha value is -1.60. The van der Waals surface area contributed by atoms with Gasteiger partial charge in [-0.2, -0.15) is 4.31 Å². The van der Waals surface area contributed by atoms with E-state index in [4.69, 9.17) is 4.74 Å². The molecule has 1 amide bonds. The van der Waals surface area contributed by atoms with Crippen LogP contribution in [0.1, 0.15) is 56.1 Å². The van der Waals surface area contributed by atoms with E-state index in [0.717, 1.165) is 29.7 Å². The molecule has 1 aliphatic carbocycles. The second-order valence-corrected chi connectivity index (χ2v) is 10.0. The Bertz CT molecular complexity index is 773. The SMILES string of the molecule is COc1ccc2c(c1)CCN(S(=O)(=O)CCCNC(=O)CC1CCCCC1)C2. The fourth-order valence-corrected chi connectivity index (χ4v) is 5.68. The monoisotopic (exact) mass is 408 g/mol. The molecule has 1 heterocycles. The van der Waals surface area contributed by atoms with Crippen molar-refractivity contribution < 1.29 is 17.9 Å². The number of benzene rings is 1. The zero-order valence-electron chi connectivity index (χ0n) is 16.8. The average Bonchev–Trinajstić information content (AvgIpc) is 2.71. The number of methoxy groups -OCH3 is 1. The molecule has 0 radical (unpaired) electrons. The number of nitrogens with zero attached hydrogens (tertiary/aromatic N) is 1. The number of hydrogen-bond donors (Lipinski definition) is 1. The van der Waals surface area contributed by atoms with Gasteiger partial charge in [0.25, 0.3) is 0 Å². The third-order valence-corrected chi connectivity index (χ3v) is 7.79. The van der Waals surface area contributed by atoms with E-state index in [0.29, 0.717) is 44.8 Å². The maximum Gasteiger partial charge on any atom is 0.220 e. The van der Waals surface area contributed by atoms with Gasteiger partial charge in [-0.05, 0) is 54.9 Å². The summed E-state index contributed by atoms with van der Waals surface area (Å²) in [5.41, 5.74) is 2.19. The number of fused-ring (bicyclic) bond motifs is 1. The van der Waals surface area contributed by atoms with Gasteiger partial charge in [0, 0.05) is 26.1 Å². The standard InChI is InChI=1S/C21H32N2O4S/c1-27-20-9-8-19-16-23(12-10-18(19)15-20)28(25,26)13-5-11-22-21(24)14-17-6-3-2-4-7-17/h8-9,15,17H,2-7,10-14,16H2,1H3,(H,22,24). The first-order valence-corrected chi connectivity index (χ1v) is 12.0. The van der Waals surface area contributed by atoms with E-state index in [1.165, 1.54) is 19.3 Å². The minimum atomic E-state index is -3.32. The summed E-state index contributed by atoms with van der Waals surface area (Å²) in [7, 11) is -1.68. The molecule has 1 saturated carbocycles. The third-order valence-electron chi connectivity index (χ3n) is 5.88. The Morgan fingerprint density at radius 1 is 1.21 bits per heavy atom. The second kappa shape index (κ2) is 9.74. The van der Waals surface area contributed by atoms with Crippen LogP contribution in [0.2, 0.25) is 0 Å². The Kier molecular flexibility index (Phi) is 7.35. The molecule has 1 aliphatic heterocycles. The normalized spacial score (nSPS) is 18.5. The van der Waals surface area contributed by atoms with Crippen molar-refractivity contribution in [2.45, 2.75) is 57.9 Å². The molecular formula is C21H32N2O4S. The maximum atomic E-state index is 12.7. The van der Waals surface area contributed by atoms with Crippen LogP contribution < -0.4 is 10.1 Å². The number of carbonyl (C=O) groups is 1. The molecular weight excluding hydrogens is 376 g/mol. The Morgan fingerprint density at radius 3 is 2.75 bits per heavy atom. The van der Waals surface area contributed by atoms with Crippen molar-refractivity contribution in [3.05, 3.63) is 29.3 Å². The highest BCUT2D eigenvalue weighted by Crippen LogP contribution is 2.26. The fourth-order valence-electron chi connectivity index (χ4n) is 4.20. The van der Waals surface area contributed by atoms with Crippen LogP contribution >= 0.6 is 0 Å². The lowest BCUT2D eigenvalue weighted by molar-refractivity contribution is -0.122. The van der Waals surface area contributed by atoms with E-state index >= 15 is 0 Å². The molecule has 156 valence electrons. The molecule has 28 heavy (non-hydrogen) atoms. The topological polar surface area (TPSA) is 75.7 Å². The summed E-state index contributed by atoms with van der Waals surface area (Å²) in [6.07, 6.45) is 7.75. The maximum absolute atomic E-state index is 12.7. The molecule has 7 heteroatoms. The summed E-state index contributed by atoms with van der Waals surface area (Å²) in [5.74, 6) is 1.44. The molecule has 0 bridgehead atoms. The lowest BCUT2D eigenvalue weighted by Gasteiger charge is -2.28. The zero-order valence-corrected chi connectivity index (χ0v) is 17.6. The first-order chi connectivity index (χ1) is 13.5. The van der Waals surface area contributed by atoms with Gasteiger partial charge in [-0.1, -0.05) is 25.3 Å². The smallest absolute Gasteiger partial charge is 0.220 e. The number of nitrogens with one attached hydrogen (secondary N) is 1. The molecule has 1 N–H and O–H groups in total. The summed E-state index contributed by atoms with van der Waals surface area (Å²) < 4.78 is 32.1. The van der Waals surface area contributed by atoms with Crippen LogP contribution in [-0.4, -0.2) is 44.6 Å². The summed E-state index contributed by atoms with van der Waals surface area (Å²) >= 11 is 0. The molecule has 3 rings (SSSR count). The number of carbonyl (C=O) groups excluding carboxylic acids is 1. The van der Waals surface area contributed by atoms with Crippen molar-refractivity contribution in [3.8, 4) is 5.75 Å². The molecule has 0 saturated heterocycles. The molecule has 1 aromatic rings. The number of rotatable bonds is 8. The molecule has 0 aromatic heterocycles. The number of sulfonamides is 1. The first-order valence-electron chi connectivity index (χ1n) is 10.4. The predicted octanol–water partition coefficient (Wildman–Crippen LogP) is 2.86. The average molecular weight is 409 g/mol. The molecule has 6 nitrogen and oxygen atoms in total. The predicted molar refractivity (Wildman–Crippen MR) is 110 cm³/mol. The second-order valence-electron chi connectivity index (χ2n) is 7.95. The zero-order chi connectivity index (χ0) is 20.0. The molecule has 1 fully saturated rings. The lowest BCUT2D eigenvalue weighted by Crippen LogP contribution is -2.38. The van der Waals surface area contributed by atoms with Crippen LogP contribution in [-0.2, 0) is 27.8 Å². The van der Waals surface area contributed by atoms with Crippen LogP contribution in [0.5, 0.6) is 5.75 Å². The van der Waals surface area contributed by atoms with Crippen LogP contribution in [0.25, 0.3) is 0 Å². The van der Waals surface area contributed by atoms with Gasteiger partial charge in [-0.15, -0.1) is 0 Å². The Labute approximate surface area is 168 Å². The summed E-state index contributed by atoms with van der Waals surface area (Å²) in [6.45, 7) is 1.33. The van der Waals surface area contributed by atoms with E-state index in [-0.39, 0.29) is 11.7 Å². The van der Waals surface area contributed by atoms with Crippen molar-refractivity contribution in [2.75, 3.05) is 26.0 Å². The summed E-state index contributed by atoms with van der Waals surface area (Å²) in [4.78, 5) is 12.0. The van der Waals surface area contributed by atoms with Gasteiger partial charge in [-0.3, -0.25) is 4.79 Å². The van der Waals surface area contributed by atoms with E-state index in [1.54, 1.807) is 11.4 Å².